The lowest BCUT2D eigenvalue weighted by atomic mass is 10.2. The van der Waals surface area contributed by atoms with Gasteiger partial charge in [-0.15, -0.1) is 22.7 Å². The summed E-state index contributed by atoms with van der Waals surface area (Å²) in [4.78, 5) is 38.0. The van der Waals surface area contributed by atoms with Crippen LogP contribution < -0.4 is 5.56 Å². The minimum Gasteiger partial charge on any atom is -0.451 e. The summed E-state index contributed by atoms with van der Waals surface area (Å²) in [7, 11) is 0. The minimum absolute atomic E-state index is 0.208. The SMILES string of the molecule is Cc1sc2nc([C@H](C)OC(=O)c3ccc4ncsc4c3)[nH]c(=O)c2c1C. The van der Waals surface area contributed by atoms with Crippen LogP contribution in [0, 0.1) is 13.8 Å². The summed E-state index contributed by atoms with van der Waals surface area (Å²) in [5.41, 5.74) is 3.75. The Morgan fingerprint density at radius 1 is 1.31 bits per heavy atom. The monoisotopic (exact) mass is 385 g/mol. The molecule has 0 radical (unpaired) electrons. The van der Waals surface area contributed by atoms with Gasteiger partial charge < -0.3 is 9.72 Å². The number of ether oxygens (including phenoxy) is 1. The van der Waals surface area contributed by atoms with Gasteiger partial charge in [0.2, 0.25) is 0 Å². The van der Waals surface area contributed by atoms with Crippen molar-refractivity contribution in [1.29, 1.82) is 0 Å². The van der Waals surface area contributed by atoms with E-state index < -0.39 is 12.1 Å². The highest BCUT2D eigenvalue weighted by Crippen LogP contribution is 2.27. The zero-order chi connectivity index (χ0) is 18.4. The highest BCUT2D eigenvalue weighted by Gasteiger charge is 2.19. The van der Waals surface area contributed by atoms with Crippen LogP contribution >= 0.6 is 22.7 Å². The molecule has 0 aliphatic rings. The fourth-order valence-electron chi connectivity index (χ4n) is 2.73. The average Bonchev–Trinajstić information content (AvgIpc) is 3.18. The van der Waals surface area contributed by atoms with Crippen LogP contribution in [0.1, 0.15) is 39.7 Å². The molecule has 0 amide bonds. The molecule has 0 spiro atoms. The Bertz CT molecular complexity index is 1210. The summed E-state index contributed by atoms with van der Waals surface area (Å²) >= 11 is 2.93. The maximum absolute atomic E-state index is 12.4. The van der Waals surface area contributed by atoms with Crippen molar-refractivity contribution in [2.75, 3.05) is 0 Å². The molecule has 3 aromatic heterocycles. The first kappa shape index (κ1) is 16.9. The fourth-order valence-corrected chi connectivity index (χ4v) is 4.48. The third-order valence-corrected chi connectivity index (χ3v) is 6.19. The van der Waals surface area contributed by atoms with Crippen LogP contribution in [0.5, 0.6) is 0 Å². The van der Waals surface area contributed by atoms with E-state index in [2.05, 4.69) is 15.0 Å². The van der Waals surface area contributed by atoms with Crippen LogP contribution in [0.4, 0.5) is 0 Å². The van der Waals surface area contributed by atoms with E-state index in [4.69, 9.17) is 4.74 Å². The van der Waals surface area contributed by atoms with E-state index in [9.17, 15) is 9.59 Å². The predicted molar refractivity (Wildman–Crippen MR) is 103 cm³/mol. The zero-order valence-electron chi connectivity index (χ0n) is 14.3. The number of nitrogens with zero attached hydrogens (tertiary/aromatic N) is 2. The third kappa shape index (κ3) is 2.81. The summed E-state index contributed by atoms with van der Waals surface area (Å²) in [6.45, 7) is 5.56. The number of nitrogens with one attached hydrogen (secondary N) is 1. The third-order valence-electron chi connectivity index (χ3n) is 4.29. The van der Waals surface area contributed by atoms with E-state index in [0.29, 0.717) is 21.6 Å². The fraction of sp³-hybridized carbons (Fsp3) is 0.222. The van der Waals surface area contributed by atoms with Crippen LogP contribution in [0.25, 0.3) is 20.4 Å². The predicted octanol–water partition coefficient (Wildman–Crippen LogP) is 4.13. The molecule has 0 saturated carbocycles. The van der Waals surface area contributed by atoms with Gasteiger partial charge in [-0.05, 0) is 44.5 Å². The molecule has 0 fully saturated rings. The van der Waals surface area contributed by atoms with Gasteiger partial charge in [-0.3, -0.25) is 4.79 Å². The molecule has 0 aliphatic carbocycles. The molecule has 3 heterocycles. The first-order chi connectivity index (χ1) is 12.4. The number of thiophene rings is 1. The Morgan fingerprint density at radius 3 is 2.92 bits per heavy atom. The first-order valence-electron chi connectivity index (χ1n) is 7.98. The number of carbonyl (C=O) groups is 1. The molecule has 0 bridgehead atoms. The van der Waals surface area contributed by atoms with E-state index in [-0.39, 0.29) is 5.56 Å². The second kappa shape index (κ2) is 6.30. The van der Waals surface area contributed by atoms with Gasteiger partial charge in [-0.25, -0.2) is 14.8 Å². The van der Waals surface area contributed by atoms with Crippen molar-refractivity contribution < 1.29 is 9.53 Å². The summed E-state index contributed by atoms with van der Waals surface area (Å²) in [6, 6.07) is 5.23. The molecule has 1 aromatic carbocycles. The molecule has 26 heavy (non-hydrogen) atoms. The normalized spacial score (nSPS) is 12.6. The zero-order valence-corrected chi connectivity index (χ0v) is 16.0. The second-order valence-electron chi connectivity index (χ2n) is 6.00. The highest BCUT2D eigenvalue weighted by atomic mass is 32.1. The van der Waals surface area contributed by atoms with Crippen molar-refractivity contribution in [3.05, 3.63) is 55.9 Å². The van der Waals surface area contributed by atoms with Crippen LogP contribution in [0.15, 0.2) is 28.5 Å². The van der Waals surface area contributed by atoms with Gasteiger partial charge >= 0.3 is 5.97 Å². The van der Waals surface area contributed by atoms with Crippen LogP contribution in [0.2, 0.25) is 0 Å². The number of carbonyl (C=O) groups excluding carboxylic acids is 1. The molecule has 4 rings (SSSR count). The smallest absolute Gasteiger partial charge is 0.338 e. The van der Waals surface area contributed by atoms with Crippen molar-refractivity contribution in [3.8, 4) is 0 Å². The number of fused-ring (bicyclic) bond motifs is 2. The standard InChI is InChI=1S/C18H15N3O3S2/c1-8-10(3)26-17-14(8)16(22)20-15(21-17)9(2)24-18(23)11-4-5-12-13(6-11)25-7-19-12/h4-7,9H,1-3H3,(H,20,21,22)/t9-/m0/s1. The molecule has 8 heteroatoms. The number of rotatable bonds is 3. The molecular formula is C18H15N3O3S2. The molecule has 0 aliphatic heterocycles. The summed E-state index contributed by atoms with van der Waals surface area (Å²) in [5.74, 6) is -0.120. The van der Waals surface area contributed by atoms with Gasteiger partial charge in [0.05, 0.1) is 26.7 Å². The minimum atomic E-state index is -0.667. The van der Waals surface area contributed by atoms with Gasteiger partial charge in [-0.1, -0.05) is 0 Å². The Labute approximate surface area is 156 Å². The van der Waals surface area contributed by atoms with Gasteiger partial charge in [0.1, 0.15) is 4.83 Å². The quantitative estimate of drug-likeness (QED) is 0.536. The van der Waals surface area contributed by atoms with Crippen molar-refractivity contribution in [1.82, 2.24) is 15.0 Å². The molecular weight excluding hydrogens is 370 g/mol. The number of thiazole rings is 1. The summed E-state index contributed by atoms with van der Waals surface area (Å²) in [5, 5.41) is 0.602. The van der Waals surface area contributed by atoms with Crippen LogP contribution in [-0.4, -0.2) is 20.9 Å². The Kier molecular flexibility index (Phi) is 4.08. The van der Waals surface area contributed by atoms with Gasteiger partial charge in [0, 0.05) is 4.88 Å². The van der Waals surface area contributed by atoms with Crippen molar-refractivity contribution in [2.24, 2.45) is 0 Å². The Balaban J connectivity index is 1.63. The summed E-state index contributed by atoms with van der Waals surface area (Å²) < 4.78 is 6.43. The number of aromatic amines is 1. The topological polar surface area (TPSA) is 84.9 Å². The van der Waals surface area contributed by atoms with Crippen LogP contribution in [0.3, 0.4) is 0 Å². The van der Waals surface area contributed by atoms with E-state index in [1.807, 2.05) is 13.8 Å². The molecule has 1 atom stereocenters. The van der Waals surface area contributed by atoms with Gasteiger partial charge in [0.15, 0.2) is 11.9 Å². The number of aromatic nitrogens is 3. The Hall–Kier alpha value is -2.58. The maximum Gasteiger partial charge on any atom is 0.338 e. The van der Waals surface area contributed by atoms with Gasteiger partial charge in [-0.2, -0.15) is 0 Å². The van der Waals surface area contributed by atoms with Gasteiger partial charge in [0.25, 0.3) is 5.56 Å². The van der Waals surface area contributed by atoms with Crippen molar-refractivity contribution >= 4 is 49.1 Å². The highest BCUT2D eigenvalue weighted by molar-refractivity contribution is 7.18. The lowest BCUT2D eigenvalue weighted by Gasteiger charge is -2.12. The van der Waals surface area contributed by atoms with E-state index >= 15 is 0 Å². The number of aryl methyl sites for hydroxylation is 2. The van der Waals surface area contributed by atoms with Crippen molar-refractivity contribution in [2.45, 2.75) is 26.9 Å². The van der Waals surface area contributed by atoms with E-state index in [1.54, 1.807) is 30.6 Å². The number of hydrogen-bond acceptors (Lipinski definition) is 7. The lowest BCUT2D eigenvalue weighted by molar-refractivity contribution is 0.0320. The van der Waals surface area contributed by atoms with Crippen molar-refractivity contribution in [3.63, 3.8) is 0 Å². The lowest BCUT2D eigenvalue weighted by Crippen LogP contribution is -2.17. The van der Waals surface area contributed by atoms with E-state index in [0.717, 1.165) is 20.7 Å². The molecule has 132 valence electrons. The molecule has 0 saturated heterocycles. The molecule has 1 N–H and O–H groups in total. The number of esters is 1. The second-order valence-corrected chi connectivity index (χ2v) is 8.09. The first-order valence-corrected chi connectivity index (χ1v) is 9.68. The molecule has 0 unspecified atom stereocenters. The van der Waals surface area contributed by atoms with Crippen LogP contribution in [-0.2, 0) is 4.74 Å². The maximum atomic E-state index is 12.4. The molecule has 6 nitrogen and oxygen atoms in total. The summed E-state index contributed by atoms with van der Waals surface area (Å²) in [6.07, 6.45) is -0.667. The average molecular weight is 385 g/mol. The number of H-pyrrole nitrogens is 1. The molecule has 4 aromatic rings. The number of hydrogen-bond donors (Lipinski definition) is 1. The Morgan fingerprint density at radius 2 is 2.12 bits per heavy atom. The largest absolute Gasteiger partial charge is 0.451 e. The van der Waals surface area contributed by atoms with E-state index in [1.165, 1.54) is 22.7 Å². The number of benzene rings is 1.